The van der Waals surface area contributed by atoms with E-state index in [1.165, 1.54) is 18.4 Å². The van der Waals surface area contributed by atoms with Gasteiger partial charge in [-0.25, -0.2) is 4.98 Å². The van der Waals surface area contributed by atoms with Gasteiger partial charge in [0, 0.05) is 18.0 Å². The number of hydrogen-bond acceptors (Lipinski definition) is 2. The van der Waals surface area contributed by atoms with Crippen LogP contribution in [0.1, 0.15) is 63.4 Å². The largest absolute Gasteiger partial charge is 0.383 e. The Kier molecular flexibility index (Phi) is 3.75. The van der Waals surface area contributed by atoms with Gasteiger partial charge in [0.2, 0.25) is 0 Å². The number of aryl methyl sites for hydroxylation is 1. The van der Waals surface area contributed by atoms with Crippen molar-refractivity contribution in [3.05, 3.63) is 35.7 Å². The first-order chi connectivity index (χ1) is 10.1. The van der Waals surface area contributed by atoms with Crippen molar-refractivity contribution in [3.63, 3.8) is 0 Å². The first kappa shape index (κ1) is 14.2. The SMILES string of the molecule is CCCc1nc(-c2cccc(C3CC3)c2)c(N)n1C(C)C. The average Bonchev–Trinajstić information content (AvgIpc) is 3.24. The first-order valence-corrected chi connectivity index (χ1v) is 8.08. The van der Waals surface area contributed by atoms with Crippen LogP contribution in [0, 0.1) is 0 Å². The summed E-state index contributed by atoms with van der Waals surface area (Å²) in [6.45, 7) is 6.52. The molecule has 1 aliphatic rings. The van der Waals surface area contributed by atoms with E-state index in [0.29, 0.717) is 6.04 Å². The molecule has 0 saturated heterocycles. The summed E-state index contributed by atoms with van der Waals surface area (Å²) in [4.78, 5) is 4.85. The summed E-state index contributed by atoms with van der Waals surface area (Å²) in [6, 6.07) is 9.11. The fourth-order valence-corrected chi connectivity index (χ4v) is 3.04. The van der Waals surface area contributed by atoms with Gasteiger partial charge in [-0.3, -0.25) is 0 Å². The van der Waals surface area contributed by atoms with Gasteiger partial charge in [-0.15, -0.1) is 0 Å². The van der Waals surface area contributed by atoms with Crippen molar-refractivity contribution in [2.24, 2.45) is 0 Å². The van der Waals surface area contributed by atoms with Gasteiger partial charge >= 0.3 is 0 Å². The van der Waals surface area contributed by atoms with Gasteiger partial charge < -0.3 is 10.3 Å². The second-order valence-corrected chi connectivity index (χ2v) is 6.38. The Morgan fingerprint density at radius 2 is 2.10 bits per heavy atom. The standard InChI is InChI=1S/C18H25N3/c1-4-6-16-20-17(18(19)21(16)12(2)3)15-8-5-7-14(11-15)13-9-10-13/h5,7-8,11-13H,4,6,9-10,19H2,1-3H3. The number of hydrogen-bond donors (Lipinski definition) is 1. The lowest BCUT2D eigenvalue weighted by Gasteiger charge is -2.13. The van der Waals surface area contributed by atoms with Crippen LogP contribution in [0.15, 0.2) is 24.3 Å². The van der Waals surface area contributed by atoms with Crippen LogP contribution in [0.5, 0.6) is 0 Å². The zero-order valence-electron chi connectivity index (χ0n) is 13.3. The van der Waals surface area contributed by atoms with Gasteiger partial charge in [-0.05, 0) is 50.7 Å². The minimum atomic E-state index is 0.347. The maximum absolute atomic E-state index is 6.41. The second-order valence-electron chi connectivity index (χ2n) is 6.38. The summed E-state index contributed by atoms with van der Waals surface area (Å²) in [5, 5.41) is 0. The van der Waals surface area contributed by atoms with Crippen LogP contribution in [-0.4, -0.2) is 9.55 Å². The van der Waals surface area contributed by atoms with Crippen molar-refractivity contribution >= 4 is 5.82 Å². The molecular formula is C18H25N3. The summed E-state index contributed by atoms with van der Waals surface area (Å²) >= 11 is 0. The van der Waals surface area contributed by atoms with Gasteiger partial charge in [0.15, 0.2) is 0 Å². The Morgan fingerprint density at radius 3 is 2.71 bits per heavy atom. The Hall–Kier alpha value is -1.77. The summed E-state index contributed by atoms with van der Waals surface area (Å²) in [5.41, 5.74) is 9.96. The molecule has 1 aromatic carbocycles. The molecule has 3 nitrogen and oxygen atoms in total. The summed E-state index contributed by atoms with van der Waals surface area (Å²) in [6.07, 6.45) is 4.70. The van der Waals surface area contributed by atoms with E-state index in [-0.39, 0.29) is 0 Å². The molecule has 0 bridgehead atoms. The molecule has 1 fully saturated rings. The lowest BCUT2D eigenvalue weighted by molar-refractivity contribution is 0.571. The zero-order valence-corrected chi connectivity index (χ0v) is 13.3. The van der Waals surface area contributed by atoms with E-state index in [0.717, 1.165) is 41.7 Å². The molecule has 0 radical (unpaired) electrons. The molecule has 0 aliphatic heterocycles. The van der Waals surface area contributed by atoms with Gasteiger partial charge in [0.25, 0.3) is 0 Å². The molecule has 1 aliphatic carbocycles. The van der Waals surface area contributed by atoms with Crippen molar-refractivity contribution in [3.8, 4) is 11.3 Å². The van der Waals surface area contributed by atoms with E-state index >= 15 is 0 Å². The zero-order chi connectivity index (χ0) is 15.0. The average molecular weight is 283 g/mol. The lowest BCUT2D eigenvalue weighted by atomic mass is 10.1. The molecule has 112 valence electrons. The third-order valence-electron chi connectivity index (χ3n) is 4.22. The number of benzene rings is 1. The van der Waals surface area contributed by atoms with Crippen LogP contribution in [0.4, 0.5) is 5.82 Å². The molecule has 21 heavy (non-hydrogen) atoms. The predicted octanol–water partition coefficient (Wildman–Crippen LogP) is 4.54. The van der Waals surface area contributed by atoms with Crippen molar-refractivity contribution in [2.45, 2.75) is 58.4 Å². The third kappa shape index (κ3) is 2.69. The number of imidazole rings is 1. The van der Waals surface area contributed by atoms with Crippen LogP contribution < -0.4 is 5.73 Å². The topological polar surface area (TPSA) is 43.8 Å². The Balaban J connectivity index is 2.05. The maximum atomic E-state index is 6.41. The molecule has 0 amide bonds. The highest BCUT2D eigenvalue weighted by atomic mass is 15.2. The minimum Gasteiger partial charge on any atom is -0.383 e. The van der Waals surface area contributed by atoms with E-state index < -0.39 is 0 Å². The molecular weight excluding hydrogens is 258 g/mol. The summed E-state index contributed by atoms with van der Waals surface area (Å²) in [5.74, 6) is 2.67. The smallest absolute Gasteiger partial charge is 0.131 e. The lowest BCUT2D eigenvalue weighted by Crippen LogP contribution is -2.09. The maximum Gasteiger partial charge on any atom is 0.131 e. The van der Waals surface area contributed by atoms with Crippen LogP contribution >= 0.6 is 0 Å². The summed E-state index contributed by atoms with van der Waals surface area (Å²) < 4.78 is 2.18. The number of anilines is 1. The van der Waals surface area contributed by atoms with Crippen molar-refractivity contribution < 1.29 is 0 Å². The summed E-state index contributed by atoms with van der Waals surface area (Å²) in [7, 11) is 0. The van der Waals surface area contributed by atoms with Crippen LogP contribution in [-0.2, 0) is 6.42 Å². The van der Waals surface area contributed by atoms with Crippen LogP contribution in [0.3, 0.4) is 0 Å². The van der Waals surface area contributed by atoms with Gasteiger partial charge in [0.05, 0.1) is 0 Å². The van der Waals surface area contributed by atoms with Crippen molar-refractivity contribution in [1.29, 1.82) is 0 Å². The Bertz CT molecular complexity index is 636. The monoisotopic (exact) mass is 283 g/mol. The highest BCUT2D eigenvalue weighted by molar-refractivity contribution is 5.72. The van der Waals surface area contributed by atoms with E-state index in [1.807, 2.05) is 0 Å². The molecule has 3 heteroatoms. The van der Waals surface area contributed by atoms with Crippen molar-refractivity contribution in [1.82, 2.24) is 9.55 Å². The van der Waals surface area contributed by atoms with Gasteiger partial charge in [-0.1, -0.05) is 25.1 Å². The molecule has 1 saturated carbocycles. The van der Waals surface area contributed by atoms with Gasteiger partial charge in [-0.2, -0.15) is 0 Å². The minimum absolute atomic E-state index is 0.347. The van der Waals surface area contributed by atoms with E-state index in [4.69, 9.17) is 10.7 Å². The normalized spacial score (nSPS) is 14.9. The highest BCUT2D eigenvalue weighted by Gasteiger charge is 2.24. The van der Waals surface area contributed by atoms with E-state index in [1.54, 1.807) is 0 Å². The third-order valence-corrected chi connectivity index (χ3v) is 4.22. The Labute approximate surface area is 127 Å². The first-order valence-electron chi connectivity index (χ1n) is 8.08. The second kappa shape index (κ2) is 5.55. The number of nitrogen functional groups attached to an aromatic ring is 1. The fourth-order valence-electron chi connectivity index (χ4n) is 3.04. The molecule has 2 aromatic rings. The number of rotatable bonds is 5. The molecule has 0 spiro atoms. The predicted molar refractivity (Wildman–Crippen MR) is 88.4 cm³/mol. The van der Waals surface area contributed by atoms with Crippen LogP contribution in [0.2, 0.25) is 0 Å². The number of nitrogens with two attached hydrogens (primary N) is 1. The highest BCUT2D eigenvalue weighted by Crippen LogP contribution is 2.41. The molecule has 1 heterocycles. The van der Waals surface area contributed by atoms with E-state index in [2.05, 4.69) is 49.6 Å². The van der Waals surface area contributed by atoms with Gasteiger partial charge in [0.1, 0.15) is 17.3 Å². The quantitative estimate of drug-likeness (QED) is 0.875. The number of nitrogens with zero attached hydrogens (tertiary/aromatic N) is 2. The van der Waals surface area contributed by atoms with E-state index in [9.17, 15) is 0 Å². The van der Waals surface area contributed by atoms with Crippen molar-refractivity contribution in [2.75, 3.05) is 5.73 Å². The molecule has 0 unspecified atom stereocenters. The molecule has 3 rings (SSSR count). The molecule has 2 N–H and O–H groups in total. The molecule has 1 aromatic heterocycles. The molecule has 0 atom stereocenters. The van der Waals surface area contributed by atoms with Crippen LogP contribution in [0.25, 0.3) is 11.3 Å². The fraction of sp³-hybridized carbons (Fsp3) is 0.500. The Morgan fingerprint density at radius 1 is 1.33 bits per heavy atom. The number of aromatic nitrogens is 2.